The van der Waals surface area contributed by atoms with Crippen molar-refractivity contribution in [3.05, 3.63) is 24.4 Å². The van der Waals surface area contributed by atoms with E-state index in [0.29, 0.717) is 0 Å². The lowest BCUT2D eigenvalue weighted by atomic mass is 10.7. The van der Waals surface area contributed by atoms with Crippen molar-refractivity contribution in [2.75, 3.05) is 0 Å². The van der Waals surface area contributed by atoms with E-state index in [0.717, 1.165) is 0 Å². The molecule has 0 aromatic heterocycles. The molecule has 2 nitrogen and oxygen atoms in total. The van der Waals surface area contributed by atoms with Gasteiger partial charge >= 0.3 is 0 Å². The third kappa shape index (κ3) is 3.28. The number of hydrogen-bond donors (Lipinski definition) is 1. The number of rotatable bonds is 2. The summed E-state index contributed by atoms with van der Waals surface area (Å²) in [6, 6.07) is 0. The molecular weight excluding hydrogens is 104 g/mol. The Labute approximate surface area is 49.1 Å². The van der Waals surface area contributed by atoms with Gasteiger partial charge in [0, 0.05) is 0 Å². The molecule has 0 bridgehead atoms. The average Bonchev–Trinajstić information content (AvgIpc) is 1.83. The molecule has 0 radical (unpaired) electrons. The summed E-state index contributed by atoms with van der Waals surface area (Å²) in [6.45, 7) is 3.50. The molecule has 0 rings (SSSR count). The highest BCUT2D eigenvalue weighted by atomic mass is 16.6. The van der Waals surface area contributed by atoms with E-state index in [1.165, 1.54) is 12.3 Å². The molecule has 8 heavy (non-hydrogen) atoms. The molecule has 0 aliphatic carbocycles. The van der Waals surface area contributed by atoms with E-state index in [-0.39, 0.29) is 5.95 Å². The lowest BCUT2D eigenvalue weighted by Crippen LogP contribution is -1.78. The minimum atomic E-state index is -0.0666. The molecule has 0 spiro atoms. The molecule has 0 fully saturated rings. The van der Waals surface area contributed by atoms with Crippen LogP contribution in [0, 0.1) is 0 Å². The Bertz CT molecular complexity index is 103. The fourth-order valence-corrected chi connectivity index (χ4v) is 0.206. The lowest BCUT2D eigenvalue weighted by Gasteiger charge is -1.92. The number of ether oxygens (including phenoxy) is 1. The minimum Gasteiger partial charge on any atom is -0.481 e. The normalized spacial score (nSPS) is 12.5. The monoisotopic (exact) mass is 114 g/mol. The fourth-order valence-electron chi connectivity index (χ4n) is 0.206. The summed E-state index contributed by atoms with van der Waals surface area (Å²) in [5.41, 5.74) is 0. The van der Waals surface area contributed by atoms with Crippen molar-refractivity contribution in [2.24, 2.45) is 0 Å². The van der Waals surface area contributed by atoms with Gasteiger partial charge < -0.3 is 9.84 Å². The van der Waals surface area contributed by atoms with Crippen LogP contribution in [0.5, 0.6) is 0 Å². The highest BCUT2D eigenvalue weighted by molar-refractivity contribution is 4.80. The highest BCUT2D eigenvalue weighted by Crippen LogP contribution is 1.89. The highest BCUT2D eigenvalue weighted by Gasteiger charge is 1.80. The molecule has 0 unspecified atom stereocenters. The number of allylic oxidation sites excluding steroid dienone is 2. The van der Waals surface area contributed by atoms with Gasteiger partial charge in [-0.05, 0) is 19.9 Å². The maximum Gasteiger partial charge on any atom is 0.277 e. The van der Waals surface area contributed by atoms with Crippen LogP contribution in [0.15, 0.2) is 24.4 Å². The molecule has 0 aromatic carbocycles. The Balaban J connectivity index is 3.40. The predicted octanol–water partition coefficient (Wildman–Crippen LogP) is 1.96. The van der Waals surface area contributed by atoms with Gasteiger partial charge in [-0.1, -0.05) is 6.08 Å². The maximum atomic E-state index is 8.58. The molecule has 1 N–H and O–H groups in total. The molecule has 0 heterocycles. The smallest absolute Gasteiger partial charge is 0.277 e. The molecule has 0 aliphatic heterocycles. The van der Waals surface area contributed by atoms with Gasteiger partial charge in [0.15, 0.2) is 0 Å². The molecule has 2 heteroatoms. The second-order valence-electron chi connectivity index (χ2n) is 1.21. The van der Waals surface area contributed by atoms with Crippen LogP contribution in [0.3, 0.4) is 0 Å². The van der Waals surface area contributed by atoms with Crippen molar-refractivity contribution < 1.29 is 9.84 Å². The van der Waals surface area contributed by atoms with Crippen LogP contribution in [0.2, 0.25) is 0 Å². The maximum absolute atomic E-state index is 8.58. The standard InChI is InChI=1S/C6H10O2/c1-3-5-8-6(7)4-2/h3-5,7H,1-2H3/b5-3+,6-4+. The van der Waals surface area contributed by atoms with E-state index in [9.17, 15) is 0 Å². The van der Waals surface area contributed by atoms with Crippen LogP contribution in [0.4, 0.5) is 0 Å². The topological polar surface area (TPSA) is 29.5 Å². The zero-order valence-electron chi connectivity index (χ0n) is 5.09. The molecule has 46 valence electrons. The van der Waals surface area contributed by atoms with E-state index in [4.69, 9.17) is 5.11 Å². The van der Waals surface area contributed by atoms with Crippen molar-refractivity contribution in [1.29, 1.82) is 0 Å². The van der Waals surface area contributed by atoms with E-state index in [1.54, 1.807) is 13.0 Å². The molecule has 0 aromatic rings. The second-order valence-corrected chi connectivity index (χ2v) is 1.21. The first-order valence-corrected chi connectivity index (χ1v) is 2.44. The Hall–Kier alpha value is -0.920. The van der Waals surface area contributed by atoms with Crippen molar-refractivity contribution >= 4 is 0 Å². The summed E-state index contributed by atoms with van der Waals surface area (Å²) < 4.78 is 4.58. The molecule has 0 aliphatic rings. The van der Waals surface area contributed by atoms with Gasteiger partial charge in [-0.25, -0.2) is 0 Å². The predicted molar refractivity (Wildman–Crippen MR) is 32.3 cm³/mol. The van der Waals surface area contributed by atoms with Crippen LogP contribution >= 0.6 is 0 Å². The quantitative estimate of drug-likeness (QED) is 0.556. The van der Waals surface area contributed by atoms with Gasteiger partial charge in [-0.2, -0.15) is 0 Å². The summed E-state index contributed by atoms with van der Waals surface area (Å²) in [7, 11) is 0. The van der Waals surface area contributed by atoms with Gasteiger partial charge in [-0.3, -0.25) is 0 Å². The van der Waals surface area contributed by atoms with Crippen LogP contribution in [0.25, 0.3) is 0 Å². The van der Waals surface area contributed by atoms with Crippen LogP contribution in [0.1, 0.15) is 13.8 Å². The third-order valence-corrected chi connectivity index (χ3v) is 0.572. The summed E-state index contributed by atoms with van der Waals surface area (Å²) in [6.07, 6.45) is 4.58. The minimum absolute atomic E-state index is 0.0666. The van der Waals surface area contributed by atoms with Gasteiger partial charge in [0.25, 0.3) is 5.95 Å². The Morgan fingerprint density at radius 1 is 1.50 bits per heavy atom. The van der Waals surface area contributed by atoms with Crippen LogP contribution < -0.4 is 0 Å². The van der Waals surface area contributed by atoms with Gasteiger partial charge in [0.1, 0.15) is 0 Å². The zero-order valence-corrected chi connectivity index (χ0v) is 5.09. The number of aliphatic hydroxyl groups excluding tert-OH is 1. The first-order chi connectivity index (χ1) is 3.81. The van der Waals surface area contributed by atoms with Gasteiger partial charge in [0.05, 0.1) is 6.26 Å². The van der Waals surface area contributed by atoms with E-state index in [1.807, 2.05) is 6.92 Å². The first kappa shape index (κ1) is 7.08. The number of hydrogen-bond acceptors (Lipinski definition) is 2. The van der Waals surface area contributed by atoms with E-state index >= 15 is 0 Å². The summed E-state index contributed by atoms with van der Waals surface area (Å²) >= 11 is 0. The number of aliphatic hydroxyl groups is 1. The van der Waals surface area contributed by atoms with Gasteiger partial charge in [-0.15, -0.1) is 0 Å². The lowest BCUT2D eigenvalue weighted by molar-refractivity contribution is 0.167. The first-order valence-electron chi connectivity index (χ1n) is 2.44. The van der Waals surface area contributed by atoms with Crippen molar-refractivity contribution in [2.45, 2.75) is 13.8 Å². The Morgan fingerprint density at radius 2 is 2.12 bits per heavy atom. The van der Waals surface area contributed by atoms with Crippen molar-refractivity contribution in [1.82, 2.24) is 0 Å². The SMILES string of the molecule is C/C=C/O/C(O)=C/C. The molecule has 0 saturated carbocycles. The van der Waals surface area contributed by atoms with Gasteiger partial charge in [0.2, 0.25) is 0 Å². The summed E-state index contributed by atoms with van der Waals surface area (Å²) in [5, 5.41) is 8.58. The molecule has 0 amide bonds. The second kappa shape index (κ2) is 4.24. The third-order valence-electron chi connectivity index (χ3n) is 0.572. The van der Waals surface area contributed by atoms with Crippen molar-refractivity contribution in [3.8, 4) is 0 Å². The van der Waals surface area contributed by atoms with E-state index in [2.05, 4.69) is 4.74 Å². The van der Waals surface area contributed by atoms with Crippen molar-refractivity contribution in [3.63, 3.8) is 0 Å². The fraction of sp³-hybridized carbons (Fsp3) is 0.333. The summed E-state index contributed by atoms with van der Waals surface area (Å²) in [5.74, 6) is -0.0666. The molecule has 0 atom stereocenters. The largest absolute Gasteiger partial charge is 0.481 e. The van der Waals surface area contributed by atoms with Crippen LogP contribution in [-0.2, 0) is 4.74 Å². The van der Waals surface area contributed by atoms with Crippen LogP contribution in [-0.4, -0.2) is 5.11 Å². The molecule has 0 saturated heterocycles. The molecular formula is C6H10O2. The Morgan fingerprint density at radius 3 is 2.50 bits per heavy atom. The Kier molecular flexibility index (Phi) is 3.76. The average molecular weight is 114 g/mol. The van der Waals surface area contributed by atoms with E-state index < -0.39 is 0 Å². The zero-order chi connectivity index (χ0) is 6.41. The summed E-state index contributed by atoms with van der Waals surface area (Å²) in [4.78, 5) is 0.